The van der Waals surface area contributed by atoms with Crippen molar-refractivity contribution in [3.05, 3.63) is 41.4 Å². The topological polar surface area (TPSA) is 63.3 Å². The number of halogens is 1. The molecule has 0 radical (unpaired) electrons. The zero-order valence-corrected chi connectivity index (χ0v) is 17.0. The van der Waals surface area contributed by atoms with Gasteiger partial charge in [0.25, 0.3) is 0 Å². The maximum atomic E-state index is 12.7. The molecular weight excluding hydrogens is 382 g/mol. The third-order valence-corrected chi connectivity index (χ3v) is 4.93. The quantitative estimate of drug-likeness (QED) is 0.821. The number of amides is 2. The monoisotopic (exact) mass is 405 g/mol. The number of ether oxygens (including phenoxy) is 3. The summed E-state index contributed by atoms with van der Waals surface area (Å²) in [6, 6.07) is 10.7. The van der Waals surface area contributed by atoms with Crippen LogP contribution in [0, 0.1) is 0 Å². The molecule has 0 bridgehead atoms. The summed E-state index contributed by atoms with van der Waals surface area (Å²) in [5.41, 5.74) is 1.54. The van der Waals surface area contributed by atoms with Crippen LogP contribution < -0.4 is 24.4 Å². The lowest BCUT2D eigenvalue weighted by molar-refractivity contribution is 0.208. The van der Waals surface area contributed by atoms with Crippen molar-refractivity contribution in [2.75, 3.05) is 57.7 Å². The van der Waals surface area contributed by atoms with E-state index in [4.69, 9.17) is 25.8 Å². The van der Waals surface area contributed by atoms with Gasteiger partial charge in [-0.15, -0.1) is 0 Å². The molecule has 1 aliphatic rings. The fourth-order valence-electron chi connectivity index (χ4n) is 3.17. The average molecular weight is 406 g/mol. The largest absolute Gasteiger partial charge is 0.497 e. The van der Waals surface area contributed by atoms with Crippen molar-refractivity contribution in [1.82, 2.24) is 4.90 Å². The molecule has 1 saturated heterocycles. The molecule has 2 amide bonds. The highest BCUT2D eigenvalue weighted by Crippen LogP contribution is 2.33. The fourth-order valence-corrected chi connectivity index (χ4v) is 3.34. The summed E-state index contributed by atoms with van der Waals surface area (Å²) in [4.78, 5) is 16.6. The third kappa shape index (κ3) is 4.36. The van der Waals surface area contributed by atoms with Crippen LogP contribution in [0.3, 0.4) is 0 Å². The predicted molar refractivity (Wildman–Crippen MR) is 110 cm³/mol. The van der Waals surface area contributed by atoms with Gasteiger partial charge < -0.3 is 29.3 Å². The second kappa shape index (κ2) is 8.93. The molecule has 8 heteroatoms. The minimum atomic E-state index is -0.179. The number of carbonyl (C=O) groups excluding carboxylic acids is 1. The van der Waals surface area contributed by atoms with E-state index < -0.39 is 0 Å². The van der Waals surface area contributed by atoms with Gasteiger partial charge in [0.15, 0.2) is 0 Å². The zero-order chi connectivity index (χ0) is 20.1. The van der Waals surface area contributed by atoms with Gasteiger partial charge in [-0.05, 0) is 30.3 Å². The van der Waals surface area contributed by atoms with Crippen LogP contribution in [0.2, 0.25) is 5.02 Å². The lowest BCUT2D eigenvalue weighted by Crippen LogP contribution is -2.50. The van der Waals surface area contributed by atoms with Crippen molar-refractivity contribution in [1.29, 1.82) is 0 Å². The first-order chi connectivity index (χ1) is 13.5. The SMILES string of the molecule is COc1ccc(N2CCN(C(=O)Nc3cc(Cl)ccc3OC)CC2)c(OC)c1. The number of rotatable bonds is 5. The van der Waals surface area contributed by atoms with E-state index in [-0.39, 0.29) is 6.03 Å². The van der Waals surface area contributed by atoms with Crippen LogP contribution in [0.4, 0.5) is 16.2 Å². The fraction of sp³-hybridized carbons (Fsp3) is 0.350. The van der Waals surface area contributed by atoms with E-state index in [1.54, 1.807) is 44.4 Å². The number of anilines is 2. The molecule has 1 N–H and O–H groups in total. The van der Waals surface area contributed by atoms with E-state index in [0.29, 0.717) is 42.6 Å². The van der Waals surface area contributed by atoms with E-state index in [1.807, 2.05) is 18.2 Å². The Hall–Kier alpha value is -2.80. The number of nitrogens with one attached hydrogen (secondary N) is 1. The molecule has 2 aromatic carbocycles. The number of carbonyl (C=O) groups is 1. The van der Waals surface area contributed by atoms with Gasteiger partial charge in [0, 0.05) is 37.3 Å². The van der Waals surface area contributed by atoms with Gasteiger partial charge in [-0.2, -0.15) is 0 Å². The molecule has 1 heterocycles. The van der Waals surface area contributed by atoms with Crippen molar-refractivity contribution in [2.24, 2.45) is 0 Å². The Kier molecular flexibility index (Phi) is 6.36. The van der Waals surface area contributed by atoms with Crippen molar-refractivity contribution < 1.29 is 19.0 Å². The second-order valence-electron chi connectivity index (χ2n) is 6.29. The molecule has 0 spiro atoms. The third-order valence-electron chi connectivity index (χ3n) is 4.70. The van der Waals surface area contributed by atoms with Crippen LogP contribution in [0.5, 0.6) is 17.2 Å². The second-order valence-corrected chi connectivity index (χ2v) is 6.72. The Morgan fingerprint density at radius 2 is 1.64 bits per heavy atom. The predicted octanol–water partition coefficient (Wildman–Crippen LogP) is 3.72. The van der Waals surface area contributed by atoms with Crippen molar-refractivity contribution in [2.45, 2.75) is 0 Å². The highest BCUT2D eigenvalue weighted by Gasteiger charge is 2.24. The Bertz CT molecular complexity index is 838. The number of urea groups is 1. The highest BCUT2D eigenvalue weighted by molar-refractivity contribution is 6.31. The molecular formula is C20H24ClN3O4. The van der Waals surface area contributed by atoms with Gasteiger partial charge in [0.05, 0.1) is 32.7 Å². The molecule has 28 heavy (non-hydrogen) atoms. The minimum Gasteiger partial charge on any atom is -0.497 e. The van der Waals surface area contributed by atoms with Crippen molar-refractivity contribution in [3.63, 3.8) is 0 Å². The Balaban J connectivity index is 1.64. The number of piperazine rings is 1. The van der Waals surface area contributed by atoms with E-state index in [9.17, 15) is 4.79 Å². The van der Waals surface area contributed by atoms with Crippen LogP contribution in [0.25, 0.3) is 0 Å². The van der Waals surface area contributed by atoms with Crippen molar-refractivity contribution >= 4 is 29.0 Å². The number of nitrogens with zero attached hydrogens (tertiary/aromatic N) is 2. The first-order valence-corrected chi connectivity index (χ1v) is 9.30. The summed E-state index contributed by atoms with van der Waals surface area (Å²) >= 11 is 6.03. The van der Waals surface area contributed by atoms with Crippen LogP contribution in [-0.4, -0.2) is 58.4 Å². The van der Waals surface area contributed by atoms with Gasteiger partial charge in [0.2, 0.25) is 0 Å². The molecule has 0 saturated carbocycles. The molecule has 0 aromatic heterocycles. The lowest BCUT2D eigenvalue weighted by atomic mass is 10.2. The summed E-state index contributed by atoms with van der Waals surface area (Å²) < 4.78 is 16.0. The number of hydrogen-bond donors (Lipinski definition) is 1. The average Bonchev–Trinajstić information content (AvgIpc) is 2.73. The van der Waals surface area contributed by atoms with Crippen LogP contribution in [0.1, 0.15) is 0 Å². The summed E-state index contributed by atoms with van der Waals surface area (Å²) in [7, 11) is 4.82. The smallest absolute Gasteiger partial charge is 0.322 e. The van der Waals surface area contributed by atoms with E-state index in [0.717, 1.165) is 17.2 Å². The van der Waals surface area contributed by atoms with Crippen LogP contribution in [-0.2, 0) is 0 Å². The van der Waals surface area contributed by atoms with Gasteiger partial charge in [-0.25, -0.2) is 4.79 Å². The van der Waals surface area contributed by atoms with Crippen molar-refractivity contribution in [3.8, 4) is 17.2 Å². The number of hydrogen-bond acceptors (Lipinski definition) is 5. The first kappa shape index (κ1) is 19.9. The van der Waals surface area contributed by atoms with Gasteiger partial charge >= 0.3 is 6.03 Å². The first-order valence-electron chi connectivity index (χ1n) is 8.92. The summed E-state index contributed by atoms with van der Waals surface area (Å²) in [5, 5.41) is 3.42. The maximum absolute atomic E-state index is 12.7. The normalized spacial score (nSPS) is 13.9. The molecule has 150 valence electrons. The molecule has 2 aromatic rings. The maximum Gasteiger partial charge on any atom is 0.322 e. The van der Waals surface area contributed by atoms with E-state index in [1.165, 1.54) is 0 Å². The van der Waals surface area contributed by atoms with Crippen LogP contribution >= 0.6 is 11.6 Å². The van der Waals surface area contributed by atoms with Gasteiger partial charge in [0.1, 0.15) is 17.2 Å². The van der Waals surface area contributed by atoms with E-state index >= 15 is 0 Å². The summed E-state index contributed by atoms with van der Waals surface area (Å²) in [6.45, 7) is 2.57. The minimum absolute atomic E-state index is 0.179. The standard InChI is InChI=1S/C20H24ClN3O4/c1-26-15-5-6-17(19(13-15)28-3)23-8-10-24(11-9-23)20(25)22-16-12-14(21)4-7-18(16)27-2/h4-7,12-13H,8-11H2,1-3H3,(H,22,25). The molecule has 7 nitrogen and oxygen atoms in total. The lowest BCUT2D eigenvalue weighted by Gasteiger charge is -2.36. The number of benzene rings is 2. The molecule has 3 rings (SSSR count). The molecule has 0 aliphatic carbocycles. The Morgan fingerprint density at radius 1 is 0.929 bits per heavy atom. The van der Waals surface area contributed by atoms with Gasteiger partial charge in [-0.3, -0.25) is 0 Å². The van der Waals surface area contributed by atoms with E-state index in [2.05, 4.69) is 10.2 Å². The van der Waals surface area contributed by atoms with Gasteiger partial charge in [-0.1, -0.05) is 11.6 Å². The molecule has 0 unspecified atom stereocenters. The zero-order valence-electron chi connectivity index (χ0n) is 16.2. The molecule has 1 fully saturated rings. The summed E-state index contributed by atoms with van der Waals surface area (Å²) in [5.74, 6) is 2.06. The van der Waals surface area contributed by atoms with Crippen LogP contribution in [0.15, 0.2) is 36.4 Å². The Labute approximate surface area is 169 Å². The highest BCUT2D eigenvalue weighted by atomic mass is 35.5. The molecule has 0 atom stereocenters. The summed E-state index contributed by atoms with van der Waals surface area (Å²) in [6.07, 6.45) is 0. The Morgan fingerprint density at radius 3 is 2.29 bits per heavy atom. The molecule has 1 aliphatic heterocycles. The number of methoxy groups -OCH3 is 3.